The Labute approximate surface area is 201 Å². The molecular formula is C27H22N2O2S2. The van der Waals surface area contributed by atoms with Gasteiger partial charge in [-0.25, -0.2) is 9.97 Å². The van der Waals surface area contributed by atoms with E-state index in [1.807, 2.05) is 62.4 Å². The van der Waals surface area contributed by atoms with Crippen LogP contribution in [0.3, 0.4) is 0 Å². The molecular weight excluding hydrogens is 448 g/mol. The number of aryl methyl sites for hydroxylation is 2. The maximum absolute atomic E-state index is 10.2. The van der Waals surface area contributed by atoms with Crippen LogP contribution in [-0.4, -0.2) is 19.1 Å². The molecule has 0 aliphatic rings. The molecule has 2 aromatic heterocycles. The lowest BCUT2D eigenvalue weighted by Gasteiger charge is -2.18. The van der Waals surface area contributed by atoms with E-state index in [4.69, 9.17) is 9.97 Å². The second-order valence-electron chi connectivity index (χ2n) is 7.79. The van der Waals surface area contributed by atoms with Gasteiger partial charge in [0.1, 0.15) is 0 Å². The van der Waals surface area contributed by atoms with Gasteiger partial charge in [-0.15, -0.1) is 0 Å². The maximum atomic E-state index is 10.2. The summed E-state index contributed by atoms with van der Waals surface area (Å²) in [4.78, 5) is 11.4. The smallest absolute Gasteiger partial charge is 0.0975 e. The zero-order valence-corrected chi connectivity index (χ0v) is 19.9. The zero-order valence-electron chi connectivity index (χ0n) is 18.2. The predicted octanol–water partition coefficient (Wildman–Crippen LogP) is 8.12. The van der Waals surface area contributed by atoms with E-state index in [9.17, 15) is 9.11 Å². The van der Waals surface area contributed by atoms with Gasteiger partial charge < -0.3 is 9.11 Å². The fourth-order valence-corrected chi connectivity index (χ4v) is 5.53. The normalized spacial score (nSPS) is 11.4. The quantitative estimate of drug-likeness (QED) is 0.200. The molecule has 3 aromatic carbocycles. The molecule has 6 heteroatoms. The molecule has 4 nitrogen and oxygen atoms in total. The van der Waals surface area contributed by atoms with E-state index in [2.05, 4.69) is 24.3 Å². The molecule has 0 saturated carbocycles. The zero-order chi connectivity index (χ0) is 22.9. The summed E-state index contributed by atoms with van der Waals surface area (Å²) in [6.45, 7) is 3.96. The molecule has 0 aliphatic carbocycles. The highest BCUT2D eigenvalue weighted by Gasteiger charge is 2.21. The van der Waals surface area contributed by atoms with Gasteiger partial charge in [0.2, 0.25) is 0 Å². The number of rotatable bonds is 5. The van der Waals surface area contributed by atoms with Crippen molar-refractivity contribution in [2.45, 2.75) is 30.1 Å². The topological polar surface area (TPSA) is 66.2 Å². The Bertz CT molecular complexity index is 1470. The van der Waals surface area contributed by atoms with Gasteiger partial charge in [-0.1, -0.05) is 79.7 Å². The van der Waals surface area contributed by atoms with E-state index in [0.717, 1.165) is 89.3 Å². The lowest BCUT2D eigenvalue weighted by molar-refractivity contribution is 0.661. The molecule has 2 heterocycles. The molecule has 0 saturated heterocycles. The van der Waals surface area contributed by atoms with Crippen LogP contribution >= 0.6 is 24.1 Å². The van der Waals surface area contributed by atoms with Gasteiger partial charge in [0.25, 0.3) is 0 Å². The second kappa shape index (κ2) is 9.15. The largest absolute Gasteiger partial charge is 0.325 e. The molecule has 5 aromatic rings. The third kappa shape index (κ3) is 3.69. The van der Waals surface area contributed by atoms with Crippen LogP contribution in [0.4, 0.5) is 0 Å². The Kier molecular flexibility index (Phi) is 6.08. The van der Waals surface area contributed by atoms with E-state index < -0.39 is 0 Å². The first-order chi connectivity index (χ1) is 16.2. The highest BCUT2D eigenvalue weighted by Crippen LogP contribution is 2.43. The molecule has 164 valence electrons. The maximum Gasteiger partial charge on any atom is 0.0975 e. The van der Waals surface area contributed by atoms with Crippen LogP contribution in [-0.2, 0) is 6.42 Å². The minimum atomic E-state index is 0.685. The van der Waals surface area contributed by atoms with Crippen molar-refractivity contribution in [3.05, 3.63) is 84.2 Å². The average Bonchev–Trinajstić information content (AvgIpc) is 2.87. The van der Waals surface area contributed by atoms with E-state index >= 15 is 0 Å². The summed E-state index contributed by atoms with van der Waals surface area (Å²) in [6, 6.07) is 24.3. The first-order valence-electron chi connectivity index (χ1n) is 10.7. The first kappa shape index (κ1) is 21.9. The molecule has 0 unspecified atom stereocenters. The lowest BCUT2D eigenvalue weighted by Crippen LogP contribution is -2.00. The Morgan fingerprint density at radius 1 is 0.667 bits per heavy atom. The Morgan fingerprint density at radius 2 is 1.15 bits per heavy atom. The number of pyridine rings is 2. The van der Waals surface area contributed by atoms with Gasteiger partial charge in [0.05, 0.1) is 32.2 Å². The fraction of sp³-hybridized carbons (Fsp3) is 0.111. The van der Waals surface area contributed by atoms with E-state index in [1.54, 1.807) is 0 Å². The second-order valence-corrected chi connectivity index (χ2v) is 8.97. The van der Waals surface area contributed by atoms with Crippen molar-refractivity contribution in [3.63, 3.8) is 0 Å². The molecule has 0 spiro atoms. The van der Waals surface area contributed by atoms with Gasteiger partial charge in [-0.2, -0.15) is 0 Å². The number of hydrogen-bond donors (Lipinski definition) is 2. The van der Waals surface area contributed by atoms with Gasteiger partial charge in [-0.05, 0) is 24.5 Å². The van der Waals surface area contributed by atoms with Crippen molar-refractivity contribution >= 4 is 45.9 Å². The fourth-order valence-electron chi connectivity index (χ4n) is 4.42. The number of benzene rings is 3. The number of fused-ring (bicyclic) bond motifs is 3. The minimum absolute atomic E-state index is 0.685. The van der Waals surface area contributed by atoms with Gasteiger partial charge in [0, 0.05) is 46.0 Å². The predicted molar refractivity (Wildman–Crippen MR) is 139 cm³/mol. The average molecular weight is 471 g/mol. The summed E-state index contributed by atoms with van der Waals surface area (Å²) in [5, 5.41) is 1.88. The SMILES string of the molecule is CCc1nc2c(ccc3c(-c4ccccc4)c(SO)c(C)nc32)c(-c2ccccc2)c1SO. The van der Waals surface area contributed by atoms with Crippen molar-refractivity contribution in [1.29, 1.82) is 0 Å². The summed E-state index contributed by atoms with van der Waals surface area (Å²) in [5.41, 5.74) is 7.15. The standard InChI is InChI=1S/C27H22N2O2S2/c1-3-21-27(33-31)23(18-12-8-5-9-13-18)20-15-14-19-22(17-10-6-4-7-11-17)26(32-30)16(2)28-24(19)25(20)29-21/h4-15,30-31H,3H2,1-2H3. The number of hydrogen-bond acceptors (Lipinski definition) is 6. The molecule has 33 heavy (non-hydrogen) atoms. The minimum Gasteiger partial charge on any atom is -0.325 e. The molecule has 0 aliphatic heterocycles. The summed E-state index contributed by atoms with van der Waals surface area (Å²) in [5.74, 6) is 0. The van der Waals surface area contributed by atoms with Crippen LogP contribution in [0, 0.1) is 6.92 Å². The first-order valence-corrected chi connectivity index (χ1v) is 12.3. The van der Waals surface area contributed by atoms with Crippen LogP contribution < -0.4 is 0 Å². The lowest BCUT2D eigenvalue weighted by atomic mass is 9.95. The van der Waals surface area contributed by atoms with Gasteiger partial charge in [-0.3, -0.25) is 0 Å². The van der Waals surface area contributed by atoms with Crippen LogP contribution in [0.1, 0.15) is 18.3 Å². The Balaban J connectivity index is 1.96. The molecule has 0 bridgehead atoms. The third-order valence-corrected chi connectivity index (χ3v) is 7.21. The molecule has 2 N–H and O–H groups in total. The van der Waals surface area contributed by atoms with Crippen LogP contribution in [0.2, 0.25) is 0 Å². The molecule has 0 fully saturated rings. The highest BCUT2D eigenvalue weighted by atomic mass is 32.2. The van der Waals surface area contributed by atoms with Crippen molar-refractivity contribution in [1.82, 2.24) is 9.97 Å². The third-order valence-electron chi connectivity index (χ3n) is 5.90. The highest BCUT2D eigenvalue weighted by molar-refractivity contribution is 7.94. The summed E-state index contributed by atoms with van der Waals surface area (Å²) >= 11 is 1.48. The van der Waals surface area contributed by atoms with Crippen LogP contribution in [0.25, 0.3) is 44.1 Å². The van der Waals surface area contributed by atoms with Crippen molar-refractivity contribution < 1.29 is 9.11 Å². The van der Waals surface area contributed by atoms with Crippen molar-refractivity contribution in [2.75, 3.05) is 0 Å². The monoisotopic (exact) mass is 470 g/mol. The van der Waals surface area contributed by atoms with Crippen LogP contribution in [0.5, 0.6) is 0 Å². The number of nitrogens with zero attached hydrogens (tertiary/aromatic N) is 2. The van der Waals surface area contributed by atoms with Crippen molar-refractivity contribution in [3.8, 4) is 22.3 Å². The summed E-state index contributed by atoms with van der Waals surface area (Å²) in [6.07, 6.45) is 0.685. The van der Waals surface area contributed by atoms with E-state index in [0.29, 0.717) is 6.42 Å². The summed E-state index contributed by atoms with van der Waals surface area (Å²) < 4.78 is 20.3. The molecule has 0 atom stereocenters. The molecule has 0 amide bonds. The van der Waals surface area contributed by atoms with Gasteiger partial charge >= 0.3 is 0 Å². The van der Waals surface area contributed by atoms with E-state index in [1.165, 1.54) is 0 Å². The van der Waals surface area contributed by atoms with Gasteiger partial charge in [0.15, 0.2) is 0 Å². The van der Waals surface area contributed by atoms with E-state index in [-0.39, 0.29) is 0 Å². The Hall–Kier alpha value is -2.90. The van der Waals surface area contributed by atoms with Crippen molar-refractivity contribution in [2.24, 2.45) is 0 Å². The number of aromatic nitrogens is 2. The molecule has 0 radical (unpaired) electrons. The summed E-state index contributed by atoms with van der Waals surface area (Å²) in [7, 11) is 0. The Morgan fingerprint density at radius 3 is 1.64 bits per heavy atom. The molecule has 5 rings (SSSR count). The van der Waals surface area contributed by atoms with Crippen LogP contribution in [0.15, 0.2) is 82.6 Å².